The first-order chi connectivity index (χ1) is 19.9. The quantitative estimate of drug-likeness (QED) is 0.397. The molecule has 7 nitrogen and oxygen atoms in total. The minimum Gasteiger partial charge on any atom is -0.348 e. The number of rotatable bonds is 9. The predicted octanol–water partition coefficient (Wildman–Crippen LogP) is 4.81. The van der Waals surface area contributed by atoms with Gasteiger partial charge in [0.1, 0.15) is 0 Å². The number of carbonyl (C=O) groups excluding carboxylic acids is 1. The lowest BCUT2D eigenvalue weighted by Gasteiger charge is -2.34. The van der Waals surface area contributed by atoms with Crippen molar-refractivity contribution < 1.29 is 13.2 Å². The summed E-state index contributed by atoms with van der Waals surface area (Å²) in [5.41, 5.74) is 5.21. The number of sulfonamides is 1. The molecule has 218 valence electrons. The van der Waals surface area contributed by atoms with E-state index in [1.807, 2.05) is 43.3 Å². The van der Waals surface area contributed by atoms with E-state index in [4.69, 9.17) is 0 Å². The van der Waals surface area contributed by atoms with Gasteiger partial charge in [0.15, 0.2) is 0 Å². The Kier molecular flexibility index (Phi) is 9.88. The molecule has 2 saturated heterocycles. The number of amides is 1. The lowest BCUT2D eigenvalue weighted by Crippen LogP contribution is -2.48. The van der Waals surface area contributed by atoms with Crippen LogP contribution in [0.5, 0.6) is 0 Å². The zero-order valence-electron chi connectivity index (χ0n) is 24.1. The Morgan fingerprint density at radius 3 is 1.76 bits per heavy atom. The summed E-state index contributed by atoms with van der Waals surface area (Å²) in [5.74, 6) is -0.0832. The Labute approximate surface area is 245 Å². The third-order valence-corrected chi connectivity index (χ3v) is 10.1. The van der Waals surface area contributed by atoms with Crippen LogP contribution in [0.4, 0.5) is 0 Å². The molecule has 3 aromatic rings. The monoisotopic (exact) mass is 574 g/mol. The summed E-state index contributed by atoms with van der Waals surface area (Å²) < 4.78 is 27.5. The van der Waals surface area contributed by atoms with Crippen LogP contribution in [0.1, 0.15) is 58.3 Å². The van der Waals surface area contributed by atoms with Gasteiger partial charge in [-0.3, -0.25) is 14.6 Å². The summed E-state index contributed by atoms with van der Waals surface area (Å²) in [4.78, 5) is 17.9. The zero-order chi connectivity index (χ0) is 28.7. The summed E-state index contributed by atoms with van der Waals surface area (Å²) >= 11 is 0. The summed E-state index contributed by atoms with van der Waals surface area (Å²) in [7, 11) is -3.47. The second-order valence-electron chi connectivity index (χ2n) is 11.4. The third-order valence-electron chi connectivity index (χ3n) is 8.19. The van der Waals surface area contributed by atoms with E-state index in [0.717, 1.165) is 29.8 Å². The molecule has 1 N–H and O–H groups in total. The van der Waals surface area contributed by atoms with Crippen molar-refractivity contribution in [2.45, 2.75) is 57.1 Å². The number of carbonyl (C=O) groups is 1. The number of benzene rings is 3. The van der Waals surface area contributed by atoms with Gasteiger partial charge < -0.3 is 5.32 Å². The summed E-state index contributed by atoms with van der Waals surface area (Å²) in [5, 5.41) is 3.04. The summed E-state index contributed by atoms with van der Waals surface area (Å²) in [6.07, 6.45) is 5.28. The summed E-state index contributed by atoms with van der Waals surface area (Å²) in [6, 6.07) is 23.3. The lowest BCUT2D eigenvalue weighted by atomic mass is 10.1. The Balaban J connectivity index is 1.06. The van der Waals surface area contributed by atoms with Crippen LogP contribution < -0.4 is 5.32 Å². The minimum absolute atomic E-state index is 0.0832. The first-order valence-electron chi connectivity index (χ1n) is 14.8. The van der Waals surface area contributed by atoms with Crippen LogP contribution in [0.2, 0.25) is 0 Å². The Morgan fingerprint density at radius 1 is 0.659 bits per heavy atom. The molecule has 41 heavy (non-hydrogen) atoms. The number of nitrogens with zero attached hydrogens (tertiary/aromatic N) is 3. The second kappa shape index (κ2) is 13.7. The molecular weight excluding hydrogens is 532 g/mol. The van der Waals surface area contributed by atoms with Crippen LogP contribution in [-0.2, 0) is 29.7 Å². The molecule has 0 aliphatic carbocycles. The van der Waals surface area contributed by atoms with Crippen molar-refractivity contribution in [1.29, 1.82) is 0 Å². The van der Waals surface area contributed by atoms with Gasteiger partial charge in [-0.05, 0) is 73.8 Å². The SMILES string of the molecule is Cc1ccc(S(=O)(=O)N2CCN(Cc3ccc(C(=O)NCc4ccc(CN5CCCCCC5)cc4)cc3)CC2)cc1. The van der Waals surface area contributed by atoms with Crippen LogP contribution in [0.25, 0.3) is 0 Å². The molecular formula is C33H42N4O3S. The van der Waals surface area contributed by atoms with E-state index in [9.17, 15) is 13.2 Å². The third kappa shape index (κ3) is 8.04. The van der Waals surface area contributed by atoms with E-state index in [1.165, 1.54) is 44.3 Å². The molecule has 0 atom stereocenters. The fourth-order valence-corrected chi connectivity index (χ4v) is 7.03. The average molecular weight is 575 g/mol. The van der Waals surface area contributed by atoms with Crippen LogP contribution in [0.15, 0.2) is 77.7 Å². The molecule has 2 aliphatic heterocycles. The van der Waals surface area contributed by atoms with Crippen LogP contribution in [-0.4, -0.2) is 67.7 Å². The summed E-state index contributed by atoms with van der Waals surface area (Å²) in [6.45, 7) is 8.83. The highest BCUT2D eigenvalue weighted by Crippen LogP contribution is 2.19. The van der Waals surface area contributed by atoms with Crippen molar-refractivity contribution in [3.05, 3.63) is 101 Å². The van der Waals surface area contributed by atoms with Crippen LogP contribution >= 0.6 is 0 Å². The second-order valence-corrected chi connectivity index (χ2v) is 13.3. The molecule has 0 radical (unpaired) electrons. The largest absolute Gasteiger partial charge is 0.348 e. The normalized spacial score (nSPS) is 17.7. The standard InChI is InChI=1S/C33H42N4O3S/c1-27-6-16-32(17-7-27)41(39,40)37-22-20-36(21-23-37)26-30-12-14-31(15-13-30)33(38)34-24-28-8-10-29(11-9-28)25-35-18-4-2-3-5-19-35/h6-17H,2-5,18-26H2,1H3,(H,34,38). The van der Waals surface area contributed by atoms with E-state index in [0.29, 0.717) is 43.2 Å². The van der Waals surface area contributed by atoms with Gasteiger partial charge in [-0.1, -0.05) is 66.9 Å². The lowest BCUT2D eigenvalue weighted by molar-refractivity contribution is 0.0951. The predicted molar refractivity (Wildman–Crippen MR) is 163 cm³/mol. The Bertz CT molecular complexity index is 1370. The molecule has 5 rings (SSSR count). The van der Waals surface area contributed by atoms with Gasteiger partial charge in [0.2, 0.25) is 10.0 Å². The van der Waals surface area contributed by atoms with E-state index in [-0.39, 0.29) is 5.91 Å². The molecule has 0 saturated carbocycles. The van der Waals surface area contributed by atoms with E-state index in [1.54, 1.807) is 16.4 Å². The van der Waals surface area contributed by atoms with E-state index in [2.05, 4.69) is 39.4 Å². The highest BCUT2D eigenvalue weighted by atomic mass is 32.2. The number of piperazine rings is 1. The van der Waals surface area contributed by atoms with Gasteiger partial charge in [-0.15, -0.1) is 0 Å². The van der Waals surface area contributed by atoms with Crippen molar-refractivity contribution in [2.75, 3.05) is 39.3 Å². The van der Waals surface area contributed by atoms with Gasteiger partial charge >= 0.3 is 0 Å². The van der Waals surface area contributed by atoms with Crippen molar-refractivity contribution in [3.8, 4) is 0 Å². The molecule has 0 unspecified atom stereocenters. The van der Waals surface area contributed by atoms with Crippen molar-refractivity contribution in [3.63, 3.8) is 0 Å². The minimum atomic E-state index is -3.47. The zero-order valence-corrected chi connectivity index (χ0v) is 24.9. The number of aryl methyl sites for hydroxylation is 1. The van der Waals surface area contributed by atoms with Gasteiger partial charge in [0, 0.05) is 51.4 Å². The van der Waals surface area contributed by atoms with E-state index >= 15 is 0 Å². The van der Waals surface area contributed by atoms with Crippen LogP contribution in [0.3, 0.4) is 0 Å². The maximum Gasteiger partial charge on any atom is 0.251 e. The van der Waals surface area contributed by atoms with Gasteiger partial charge in [-0.2, -0.15) is 4.31 Å². The smallest absolute Gasteiger partial charge is 0.251 e. The van der Waals surface area contributed by atoms with E-state index < -0.39 is 10.0 Å². The fraction of sp³-hybridized carbons (Fsp3) is 0.424. The molecule has 2 heterocycles. The van der Waals surface area contributed by atoms with Crippen LogP contribution in [0, 0.1) is 6.92 Å². The molecule has 0 spiro atoms. The Hall–Kier alpha value is -3.04. The number of hydrogen-bond donors (Lipinski definition) is 1. The number of nitrogens with one attached hydrogen (secondary N) is 1. The maximum absolute atomic E-state index is 13.0. The number of hydrogen-bond acceptors (Lipinski definition) is 5. The average Bonchev–Trinajstić information content (AvgIpc) is 3.26. The highest BCUT2D eigenvalue weighted by Gasteiger charge is 2.28. The maximum atomic E-state index is 13.0. The van der Waals surface area contributed by atoms with Gasteiger partial charge in [0.25, 0.3) is 5.91 Å². The highest BCUT2D eigenvalue weighted by molar-refractivity contribution is 7.89. The topological polar surface area (TPSA) is 73.0 Å². The molecule has 0 bridgehead atoms. The molecule has 0 aromatic heterocycles. The molecule has 1 amide bonds. The van der Waals surface area contributed by atoms with Gasteiger partial charge in [-0.25, -0.2) is 8.42 Å². The van der Waals surface area contributed by atoms with Gasteiger partial charge in [0.05, 0.1) is 4.90 Å². The van der Waals surface area contributed by atoms with Crippen molar-refractivity contribution in [1.82, 2.24) is 19.4 Å². The fourth-order valence-electron chi connectivity index (χ4n) is 5.61. The Morgan fingerprint density at radius 2 is 1.17 bits per heavy atom. The first-order valence-corrected chi connectivity index (χ1v) is 16.3. The molecule has 8 heteroatoms. The van der Waals surface area contributed by atoms with Crippen molar-refractivity contribution in [2.24, 2.45) is 0 Å². The first kappa shape index (κ1) is 29.5. The van der Waals surface area contributed by atoms with Crippen molar-refractivity contribution >= 4 is 15.9 Å². The molecule has 2 aliphatic rings. The number of likely N-dealkylation sites (tertiary alicyclic amines) is 1. The molecule has 3 aromatic carbocycles. The molecule has 2 fully saturated rings.